The third kappa shape index (κ3) is 4.62. The zero-order valence-corrected chi connectivity index (χ0v) is 17.7. The number of pyridine rings is 1. The molecule has 3 heterocycles. The van der Waals surface area contributed by atoms with E-state index in [0.717, 1.165) is 0 Å². The number of alkyl halides is 2. The molecule has 0 aliphatic carbocycles. The lowest BCUT2D eigenvalue weighted by Gasteiger charge is -2.13. The van der Waals surface area contributed by atoms with E-state index in [2.05, 4.69) is 25.4 Å². The van der Waals surface area contributed by atoms with Gasteiger partial charge in [-0.1, -0.05) is 11.6 Å². The second-order valence-corrected chi connectivity index (χ2v) is 7.34. The van der Waals surface area contributed by atoms with Crippen molar-refractivity contribution in [2.75, 3.05) is 5.32 Å². The van der Waals surface area contributed by atoms with Crippen LogP contribution in [0.4, 0.5) is 24.8 Å². The van der Waals surface area contributed by atoms with Crippen LogP contribution in [0.2, 0.25) is 5.02 Å². The van der Waals surface area contributed by atoms with Gasteiger partial charge in [-0.3, -0.25) is 9.78 Å². The fraction of sp³-hybridized carbons (Fsp3) is 0.0952. The predicted octanol–water partition coefficient (Wildman–Crippen LogP) is 4.61. The number of halogens is 4. The Bertz CT molecular complexity index is 1360. The number of aromatic nitrogens is 5. The lowest BCUT2D eigenvalue weighted by molar-refractivity contribution is 0.1000. The number of rotatable bonds is 6. The zero-order chi connectivity index (χ0) is 23.7. The second-order valence-electron chi connectivity index (χ2n) is 6.93. The van der Waals surface area contributed by atoms with Gasteiger partial charge in [0.1, 0.15) is 11.5 Å². The van der Waals surface area contributed by atoms with Crippen molar-refractivity contribution in [2.45, 2.75) is 13.3 Å². The number of hydrogen-bond acceptors (Lipinski definition) is 6. The molecule has 0 aliphatic heterocycles. The number of carbonyl (C=O) groups excluding carboxylic acids is 1. The van der Waals surface area contributed by atoms with Gasteiger partial charge in [-0.05, 0) is 37.3 Å². The van der Waals surface area contributed by atoms with Crippen molar-refractivity contribution in [1.82, 2.24) is 24.7 Å². The summed E-state index contributed by atoms with van der Waals surface area (Å²) >= 11 is 5.82. The number of nitrogens with one attached hydrogen (secondary N) is 1. The molecule has 12 heteroatoms. The topological polar surface area (TPSA) is 112 Å². The molecule has 0 atom stereocenters. The summed E-state index contributed by atoms with van der Waals surface area (Å²) < 4.78 is 41.2. The van der Waals surface area contributed by atoms with Crippen LogP contribution in [0.15, 0.2) is 48.9 Å². The number of benzene rings is 1. The summed E-state index contributed by atoms with van der Waals surface area (Å²) in [6, 6.07) is 6.68. The lowest BCUT2D eigenvalue weighted by atomic mass is 10.1. The molecule has 4 aromatic rings. The van der Waals surface area contributed by atoms with E-state index >= 15 is 0 Å². The minimum absolute atomic E-state index is 0.0731. The molecule has 0 spiro atoms. The van der Waals surface area contributed by atoms with Gasteiger partial charge in [-0.25, -0.2) is 22.8 Å². The summed E-state index contributed by atoms with van der Waals surface area (Å²) in [5, 5.41) is 6.75. The van der Waals surface area contributed by atoms with E-state index in [9.17, 15) is 18.0 Å². The van der Waals surface area contributed by atoms with Crippen LogP contribution >= 0.6 is 11.6 Å². The average Bonchev–Trinajstić information content (AvgIpc) is 3.18. The maximum Gasteiger partial charge on any atom is 0.282 e. The summed E-state index contributed by atoms with van der Waals surface area (Å²) in [6.07, 6.45) is 1.39. The first-order valence-corrected chi connectivity index (χ1v) is 9.80. The molecule has 4 rings (SSSR count). The number of primary amides is 1. The van der Waals surface area contributed by atoms with Crippen molar-refractivity contribution < 1.29 is 18.0 Å². The quantitative estimate of drug-likeness (QED) is 0.423. The van der Waals surface area contributed by atoms with E-state index in [0.29, 0.717) is 22.5 Å². The van der Waals surface area contributed by atoms with Crippen LogP contribution in [0, 0.1) is 12.7 Å². The Morgan fingerprint density at radius 3 is 2.64 bits per heavy atom. The number of carbonyl (C=O) groups is 1. The highest BCUT2D eigenvalue weighted by Crippen LogP contribution is 2.29. The van der Waals surface area contributed by atoms with Gasteiger partial charge in [0.15, 0.2) is 5.82 Å². The first-order chi connectivity index (χ1) is 15.7. The summed E-state index contributed by atoms with van der Waals surface area (Å²) in [5.41, 5.74) is 6.64. The van der Waals surface area contributed by atoms with Crippen LogP contribution in [-0.2, 0) is 0 Å². The highest BCUT2D eigenvalue weighted by Gasteiger charge is 2.20. The lowest BCUT2D eigenvalue weighted by Crippen LogP contribution is -2.12. The van der Waals surface area contributed by atoms with Crippen molar-refractivity contribution in [3.63, 3.8) is 0 Å². The zero-order valence-electron chi connectivity index (χ0n) is 16.9. The maximum atomic E-state index is 13.5. The molecule has 0 bridgehead atoms. The number of aryl methyl sites for hydroxylation is 1. The van der Waals surface area contributed by atoms with Gasteiger partial charge in [0, 0.05) is 41.1 Å². The van der Waals surface area contributed by atoms with Crippen LogP contribution in [0.1, 0.15) is 28.2 Å². The minimum atomic E-state index is -2.78. The van der Waals surface area contributed by atoms with E-state index in [-0.39, 0.29) is 22.4 Å². The van der Waals surface area contributed by atoms with Crippen molar-refractivity contribution in [1.29, 1.82) is 0 Å². The van der Waals surface area contributed by atoms with E-state index in [1.807, 2.05) is 0 Å². The summed E-state index contributed by atoms with van der Waals surface area (Å²) in [6.45, 7) is 1.59. The molecule has 3 aromatic heterocycles. The Balaban J connectivity index is 1.85. The van der Waals surface area contributed by atoms with Gasteiger partial charge < -0.3 is 11.1 Å². The van der Waals surface area contributed by atoms with Crippen molar-refractivity contribution in [2.24, 2.45) is 5.73 Å². The molecule has 168 valence electrons. The molecule has 0 unspecified atom stereocenters. The van der Waals surface area contributed by atoms with Crippen LogP contribution in [-0.4, -0.2) is 30.6 Å². The molecule has 1 aromatic carbocycles. The molecule has 0 fully saturated rings. The molecule has 33 heavy (non-hydrogen) atoms. The number of nitrogens with zero attached hydrogens (tertiary/aromatic N) is 5. The Kier molecular flexibility index (Phi) is 5.97. The Hall–Kier alpha value is -3.99. The highest BCUT2D eigenvalue weighted by atomic mass is 35.5. The fourth-order valence-corrected chi connectivity index (χ4v) is 3.22. The summed E-state index contributed by atoms with van der Waals surface area (Å²) in [5.74, 6) is -1.06. The normalized spacial score (nSPS) is 11.1. The SMILES string of the molecule is Cc1cc(C(F)F)nn1-c1nc(Nc2ccc(F)c(Cl)c2)ncc1-c1cncc(C(N)=O)c1. The Morgan fingerprint density at radius 2 is 1.97 bits per heavy atom. The van der Waals surface area contributed by atoms with Crippen molar-refractivity contribution >= 4 is 29.1 Å². The van der Waals surface area contributed by atoms with Gasteiger partial charge in [0.05, 0.1) is 10.6 Å². The monoisotopic (exact) mass is 473 g/mol. The van der Waals surface area contributed by atoms with Crippen molar-refractivity contribution in [3.8, 4) is 16.9 Å². The number of amides is 1. The molecular formula is C21H15ClF3N7O. The van der Waals surface area contributed by atoms with Gasteiger partial charge in [-0.15, -0.1) is 0 Å². The van der Waals surface area contributed by atoms with E-state index in [4.69, 9.17) is 17.3 Å². The minimum Gasteiger partial charge on any atom is -0.366 e. The first-order valence-electron chi connectivity index (χ1n) is 9.42. The third-order valence-corrected chi connectivity index (χ3v) is 4.90. The largest absolute Gasteiger partial charge is 0.366 e. The molecule has 0 aliphatic rings. The van der Waals surface area contributed by atoms with E-state index < -0.39 is 23.8 Å². The van der Waals surface area contributed by atoms with Crippen LogP contribution in [0.3, 0.4) is 0 Å². The fourth-order valence-electron chi connectivity index (χ4n) is 3.04. The molecule has 1 amide bonds. The Morgan fingerprint density at radius 1 is 1.18 bits per heavy atom. The average molecular weight is 474 g/mol. The number of hydrogen-bond donors (Lipinski definition) is 2. The Labute approximate surface area is 190 Å². The van der Waals surface area contributed by atoms with Crippen molar-refractivity contribution in [3.05, 3.63) is 76.7 Å². The molecule has 0 saturated heterocycles. The van der Waals surface area contributed by atoms with Gasteiger partial charge >= 0.3 is 0 Å². The number of nitrogens with two attached hydrogens (primary N) is 1. The van der Waals surface area contributed by atoms with Crippen LogP contribution < -0.4 is 11.1 Å². The molecular weight excluding hydrogens is 459 g/mol. The third-order valence-electron chi connectivity index (χ3n) is 4.61. The van der Waals surface area contributed by atoms with Crippen LogP contribution in [0.5, 0.6) is 0 Å². The smallest absolute Gasteiger partial charge is 0.282 e. The van der Waals surface area contributed by atoms with Gasteiger partial charge in [0.25, 0.3) is 6.43 Å². The van der Waals surface area contributed by atoms with Gasteiger partial charge in [0.2, 0.25) is 11.9 Å². The molecule has 0 radical (unpaired) electrons. The highest BCUT2D eigenvalue weighted by molar-refractivity contribution is 6.31. The summed E-state index contributed by atoms with van der Waals surface area (Å²) in [7, 11) is 0. The summed E-state index contributed by atoms with van der Waals surface area (Å²) in [4.78, 5) is 24.3. The molecule has 0 saturated carbocycles. The second kappa shape index (κ2) is 8.87. The molecule has 8 nitrogen and oxygen atoms in total. The molecule has 3 N–H and O–H groups in total. The predicted molar refractivity (Wildman–Crippen MR) is 115 cm³/mol. The first kappa shape index (κ1) is 22.2. The van der Waals surface area contributed by atoms with E-state index in [1.165, 1.54) is 53.6 Å². The van der Waals surface area contributed by atoms with Crippen LogP contribution in [0.25, 0.3) is 16.9 Å². The van der Waals surface area contributed by atoms with Gasteiger partial charge in [-0.2, -0.15) is 10.1 Å². The standard InChI is InChI=1S/C21H15ClF3N7O/c1-10-4-17(18(24)25)31-32(10)20-14(11-5-12(19(26)33)8-27-7-11)9-28-21(30-20)29-13-2-3-16(23)15(22)6-13/h2-9,18H,1H3,(H2,26,33)(H,28,29,30). The number of anilines is 2. The van der Waals surface area contributed by atoms with E-state index in [1.54, 1.807) is 6.92 Å². The maximum absolute atomic E-state index is 13.5.